The Morgan fingerprint density at radius 1 is 1.41 bits per heavy atom. The van der Waals surface area contributed by atoms with Gasteiger partial charge in [-0.3, -0.25) is 4.90 Å². The van der Waals surface area contributed by atoms with Crippen molar-refractivity contribution < 1.29 is 13.5 Å². The van der Waals surface area contributed by atoms with E-state index in [1.807, 2.05) is 0 Å². The normalized spacial score (nSPS) is 27.2. The maximum atomic E-state index is 11.3. The van der Waals surface area contributed by atoms with Crippen molar-refractivity contribution in [2.24, 2.45) is 0 Å². The Morgan fingerprint density at radius 3 is 2.71 bits per heavy atom. The quantitative estimate of drug-likeness (QED) is 0.717. The van der Waals surface area contributed by atoms with Crippen LogP contribution in [0.2, 0.25) is 0 Å². The molecule has 2 N–H and O–H groups in total. The van der Waals surface area contributed by atoms with Gasteiger partial charge in [0.05, 0.1) is 12.4 Å². The van der Waals surface area contributed by atoms with E-state index >= 15 is 0 Å². The van der Waals surface area contributed by atoms with Gasteiger partial charge in [0, 0.05) is 12.1 Å². The first-order chi connectivity index (χ1) is 8.00. The molecule has 0 radical (unpaired) electrons. The first-order valence-electron chi connectivity index (χ1n) is 6.28. The van der Waals surface area contributed by atoms with Gasteiger partial charge in [-0.1, -0.05) is 6.42 Å². The molecule has 1 heterocycles. The van der Waals surface area contributed by atoms with Gasteiger partial charge in [0.1, 0.15) is 0 Å². The van der Waals surface area contributed by atoms with Crippen LogP contribution >= 0.6 is 0 Å². The molecule has 0 aromatic heterocycles. The topological polar surface area (TPSA) is 69.6 Å². The number of rotatable bonds is 6. The van der Waals surface area contributed by atoms with E-state index in [0.29, 0.717) is 12.5 Å². The first-order valence-corrected chi connectivity index (χ1v) is 7.93. The van der Waals surface area contributed by atoms with E-state index in [2.05, 4.69) is 16.5 Å². The van der Waals surface area contributed by atoms with Gasteiger partial charge >= 0.3 is 0 Å². The van der Waals surface area contributed by atoms with E-state index in [9.17, 15) is 13.5 Å². The van der Waals surface area contributed by atoms with Gasteiger partial charge in [-0.2, -0.15) is 0 Å². The van der Waals surface area contributed by atoms with Crippen molar-refractivity contribution in [3.05, 3.63) is 0 Å². The number of aliphatic hydroxyl groups excluding tert-OH is 1. The molecule has 2 unspecified atom stereocenters. The molecule has 0 saturated carbocycles. The van der Waals surface area contributed by atoms with Crippen LogP contribution in [-0.2, 0) is 10.0 Å². The van der Waals surface area contributed by atoms with Gasteiger partial charge in [-0.25, -0.2) is 13.1 Å². The van der Waals surface area contributed by atoms with Crippen LogP contribution in [0.15, 0.2) is 0 Å². The smallest absolute Gasteiger partial charge is 0.211 e. The Bertz CT molecular complexity index is 319. The second kappa shape index (κ2) is 6.68. The van der Waals surface area contributed by atoms with Crippen molar-refractivity contribution in [3.8, 4) is 0 Å². The fourth-order valence-corrected chi connectivity index (χ4v) is 3.19. The molecule has 0 spiro atoms. The van der Waals surface area contributed by atoms with Crippen LogP contribution in [0.3, 0.4) is 0 Å². The van der Waals surface area contributed by atoms with Gasteiger partial charge in [0.2, 0.25) is 10.0 Å². The molecule has 5 nitrogen and oxygen atoms in total. The molecular weight excluding hydrogens is 240 g/mol. The lowest BCUT2D eigenvalue weighted by atomic mass is 9.97. The summed E-state index contributed by atoms with van der Waals surface area (Å²) < 4.78 is 24.9. The lowest BCUT2D eigenvalue weighted by molar-refractivity contribution is 0.0522. The number of sulfonamides is 1. The van der Waals surface area contributed by atoms with Crippen molar-refractivity contribution >= 4 is 10.0 Å². The number of nitrogens with zero attached hydrogens (tertiary/aromatic N) is 1. The van der Waals surface area contributed by atoms with Crippen LogP contribution in [0.5, 0.6) is 0 Å². The molecule has 1 aliphatic rings. The zero-order valence-corrected chi connectivity index (χ0v) is 11.5. The number of piperidine rings is 1. The Hall–Kier alpha value is -0.170. The Balaban J connectivity index is 2.42. The Labute approximate surface area is 104 Å². The number of aliphatic hydroxyl groups is 1. The Kier molecular flexibility index (Phi) is 5.85. The summed E-state index contributed by atoms with van der Waals surface area (Å²) in [6.45, 7) is 3.06. The Morgan fingerprint density at radius 2 is 2.12 bits per heavy atom. The predicted octanol–water partition coefficient (Wildman–Crippen LogP) is 0.161. The van der Waals surface area contributed by atoms with Gasteiger partial charge in [0.15, 0.2) is 0 Å². The summed E-state index contributed by atoms with van der Waals surface area (Å²) in [6.07, 6.45) is 3.91. The summed E-state index contributed by atoms with van der Waals surface area (Å²) in [5, 5.41) is 9.31. The maximum absolute atomic E-state index is 11.3. The predicted molar refractivity (Wildman–Crippen MR) is 68.4 cm³/mol. The highest BCUT2D eigenvalue weighted by Crippen LogP contribution is 2.22. The van der Waals surface area contributed by atoms with E-state index in [4.69, 9.17) is 0 Å². The summed E-state index contributed by atoms with van der Waals surface area (Å²) >= 11 is 0. The van der Waals surface area contributed by atoms with Gasteiger partial charge < -0.3 is 5.11 Å². The van der Waals surface area contributed by atoms with E-state index in [-0.39, 0.29) is 18.4 Å². The van der Waals surface area contributed by atoms with Crippen LogP contribution < -0.4 is 4.72 Å². The minimum Gasteiger partial charge on any atom is -0.395 e. The molecular formula is C11H24N2O3S. The summed E-state index contributed by atoms with van der Waals surface area (Å²) in [6, 6.07) is 0.647. The van der Waals surface area contributed by atoms with E-state index in [1.54, 1.807) is 0 Å². The zero-order chi connectivity index (χ0) is 12.9. The lowest BCUT2D eigenvalue weighted by Crippen LogP contribution is -2.47. The third-order valence-electron chi connectivity index (χ3n) is 3.55. The highest BCUT2D eigenvalue weighted by molar-refractivity contribution is 7.89. The minimum absolute atomic E-state index is 0.158. The molecule has 0 aromatic rings. The van der Waals surface area contributed by atoms with Crippen LogP contribution in [0.4, 0.5) is 0 Å². The number of nitrogens with one attached hydrogen (secondary N) is 1. The van der Waals surface area contributed by atoms with Crippen molar-refractivity contribution in [2.75, 3.05) is 26.0 Å². The molecule has 17 heavy (non-hydrogen) atoms. The van der Waals surface area contributed by atoms with Crippen LogP contribution in [-0.4, -0.2) is 56.5 Å². The van der Waals surface area contributed by atoms with Crippen LogP contribution in [0.25, 0.3) is 0 Å². The fraction of sp³-hybridized carbons (Fsp3) is 1.00. The molecule has 1 fully saturated rings. The molecule has 0 aromatic carbocycles. The average molecular weight is 264 g/mol. The largest absolute Gasteiger partial charge is 0.395 e. The second-order valence-corrected chi connectivity index (χ2v) is 6.78. The molecule has 102 valence electrons. The number of hydrogen-bond acceptors (Lipinski definition) is 4. The van der Waals surface area contributed by atoms with E-state index < -0.39 is 10.0 Å². The fourth-order valence-electron chi connectivity index (χ4n) is 2.48. The van der Waals surface area contributed by atoms with Gasteiger partial charge in [-0.15, -0.1) is 0 Å². The highest BCUT2D eigenvalue weighted by atomic mass is 32.2. The molecule has 0 amide bonds. The van der Waals surface area contributed by atoms with Gasteiger partial charge in [0.25, 0.3) is 0 Å². The van der Waals surface area contributed by atoms with Crippen molar-refractivity contribution in [3.63, 3.8) is 0 Å². The second-order valence-electron chi connectivity index (χ2n) is 4.73. The summed E-state index contributed by atoms with van der Waals surface area (Å²) in [4.78, 5) is 2.24. The molecule has 2 atom stereocenters. The van der Waals surface area contributed by atoms with Crippen molar-refractivity contribution in [1.29, 1.82) is 0 Å². The monoisotopic (exact) mass is 264 g/mol. The van der Waals surface area contributed by atoms with E-state index in [0.717, 1.165) is 25.8 Å². The number of likely N-dealkylation sites (tertiary alicyclic amines) is 1. The molecule has 0 aliphatic carbocycles. The molecule has 1 aliphatic heterocycles. The standard InChI is InChI=1S/C11H24N2O3S/c1-10-5-3-6-11(9-14)13(10)7-4-8-17(15,16)12-2/h10-12,14H,3-9H2,1-2H3. The molecule has 1 saturated heterocycles. The van der Waals surface area contributed by atoms with Crippen molar-refractivity contribution in [1.82, 2.24) is 9.62 Å². The molecule has 1 rings (SSSR count). The van der Waals surface area contributed by atoms with Gasteiger partial charge in [-0.05, 0) is 39.8 Å². The van der Waals surface area contributed by atoms with Crippen LogP contribution in [0.1, 0.15) is 32.6 Å². The summed E-state index contributed by atoms with van der Waals surface area (Å²) in [5.41, 5.74) is 0. The van der Waals surface area contributed by atoms with Crippen molar-refractivity contribution in [2.45, 2.75) is 44.7 Å². The summed E-state index contributed by atoms with van der Waals surface area (Å²) in [7, 11) is -1.66. The molecule has 6 heteroatoms. The average Bonchev–Trinajstić information content (AvgIpc) is 2.31. The third kappa shape index (κ3) is 4.54. The third-order valence-corrected chi connectivity index (χ3v) is 4.99. The first kappa shape index (κ1) is 14.9. The maximum Gasteiger partial charge on any atom is 0.211 e. The lowest BCUT2D eigenvalue weighted by Gasteiger charge is -2.39. The zero-order valence-electron chi connectivity index (χ0n) is 10.7. The number of hydrogen-bond donors (Lipinski definition) is 2. The highest BCUT2D eigenvalue weighted by Gasteiger charge is 2.26. The minimum atomic E-state index is -3.10. The van der Waals surface area contributed by atoms with Crippen LogP contribution in [0, 0.1) is 0 Å². The summed E-state index contributed by atoms with van der Waals surface area (Å²) in [5.74, 6) is 0.158. The molecule has 0 bridgehead atoms. The SMILES string of the molecule is CNS(=O)(=O)CCCN1C(C)CCCC1CO. The van der Waals surface area contributed by atoms with E-state index in [1.165, 1.54) is 7.05 Å².